The van der Waals surface area contributed by atoms with Crippen LogP contribution >= 0.6 is 0 Å². The molecule has 0 unspecified atom stereocenters. The maximum Gasteiger partial charge on any atom is 0.0920 e. The molecule has 1 atom stereocenters. The van der Waals surface area contributed by atoms with Crippen LogP contribution < -0.4 is 10.6 Å². The summed E-state index contributed by atoms with van der Waals surface area (Å²) in [6, 6.07) is 21.3. The Hall–Kier alpha value is -1.72. The van der Waals surface area contributed by atoms with Crippen molar-refractivity contribution in [2.45, 2.75) is 37.5 Å². The lowest BCUT2D eigenvalue weighted by Crippen LogP contribution is -2.39. The molecular weight excluding hydrogens is 334 g/mol. The van der Waals surface area contributed by atoms with Crippen LogP contribution in [0.5, 0.6) is 0 Å². The molecule has 0 radical (unpaired) electrons. The zero-order chi connectivity index (χ0) is 19.0. The first-order valence-electron chi connectivity index (χ1n) is 10.1. The Balaban J connectivity index is 0.000000156. The standard InChI is InChI=1S/C12H18N2.C11H15NO/c1-13-12-7-8-14(10-12)9-11-5-3-2-4-6-11;13-11(6-8-12-9-7-11)10-4-2-1-3-5-10/h2-6,12-13H,7-10H2,1H3;1-5,12-13H,6-9H2/t12-;/m0./s1. The molecule has 2 aliphatic heterocycles. The third-order valence-corrected chi connectivity index (χ3v) is 5.67. The Kier molecular flexibility index (Phi) is 7.41. The maximum absolute atomic E-state index is 10.3. The lowest BCUT2D eigenvalue weighted by Gasteiger charge is -2.32. The summed E-state index contributed by atoms with van der Waals surface area (Å²) in [5.41, 5.74) is 1.88. The maximum atomic E-state index is 10.3. The molecule has 0 spiro atoms. The van der Waals surface area contributed by atoms with Crippen molar-refractivity contribution in [3.05, 3.63) is 71.8 Å². The Bertz CT molecular complexity index is 656. The number of piperidine rings is 1. The topological polar surface area (TPSA) is 47.5 Å². The van der Waals surface area contributed by atoms with Gasteiger partial charge in [-0.3, -0.25) is 4.90 Å². The number of rotatable bonds is 4. The van der Waals surface area contributed by atoms with E-state index in [1.54, 1.807) is 0 Å². The zero-order valence-electron chi connectivity index (χ0n) is 16.4. The predicted molar refractivity (Wildman–Crippen MR) is 112 cm³/mol. The molecule has 4 rings (SSSR count). The van der Waals surface area contributed by atoms with E-state index in [9.17, 15) is 5.11 Å². The Morgan fingerprint density at radius 1 is 1.04 bits per heavy atom. The monoisotopic (exact) mass is 367 g/mol. The summed E-state index contributed by atoms with van der Waals surface area (Å²) >= 11 is 0. The van der Waals surface area contributed by atoms with Gasteiger partial charge in [0.25, 0.3) is 0 Å². The van der Waals surface area contributed by atoms with E-state index < -0.39 is 5.60 Å². The smallest absolute Gasteiger partial charge is 0.0920 e. The number of nitrogens with zero attached hydrogens (tertiary/aromatic N) is 1. The van der Waals surface area contributed by atoms with Gasteiger partial charge in [0.2, 0.25) is 0 Å². The molecule has 2 aromatic rings. The van der Waals surface area contributed by atoms with E-state index in [0.717, 1.165) is 38.0 Å². The van der Waals surface area contributed by atoms with Gasteiger partial charge in [0.05, 0.1) is 5.60 Å². The van der Waals surface area contributed by atoms with Crippen LogP contribution in [-0.4, -0.2) is 49.3 Å². The van der Waals surface area contributed by atoms with E-state index in [0.29, 0.717) is 6.04 Å². The fraction of sp³-hybridized carbons (Fsp3) is 0.478. The fourth-order valence-electron chi connectivity index (χ4n) is 3.93. The van der Waals surface area contributed by atoms with Crippen molar-refractivity contribution in [1.29, 1.82) is 0 Å². The molecule has 2 heterocycles. The van der Waals surface area contributed by atoms with E-state index >= 15 is 0 Å². The summed E-state index contributed by atoms with van der Waals surface area (Å²) in [7, 11) is 2.05. The third kappa shape index (κ3) is 5.88. The quantitative estimate of drug-likeness (QED) is 0.778. The molecular formula is C23H33N3O. The molecule has 0 amide bonds. The highest BCUT2D eigenvalue weighted by molar-refractivity contribution is 5.22. The Morgan fingerprint density at radius 3 is 2.26 bits per heavy atom. The van der Waals surface area contributed by atoms with Gasteiger partial charge in [-0.15, -0.1) is 0 Å². The van der Waals surface area contributed by atoms with Gasteiger partial charge in [-0.25, -0.2) is 0 Å². The minimum atomic E-state index is -0.591. The van der Waals surface area contributed by atoms with Gasteiger partial charge in [-0.1, -0.05) is 60.7 Å². The predicted octanol–water partition coefficient (Wildman–Crippen LogP) is 2.74. The van der Waals surface area contributed by atoms with Gasteiger partial charge in [-0.2, -0.15) is 0 Å². The SMILES string of the molecule is CN[C@H]1CCN(Cc2ccccc2)C1.OC1(c2ccccc2)CCNCC1. The second-order valence-corrected chi connectivity index (χ2v) is 7.64. The first-order valence-corrected chi connectivity index (χ1v) is 10.1. The lowest BCUT2D eigenvalue weighted by molar-refractivity contribution is 0.00594. The van der Waals surface area contributed by atoms with Gasteiger partial charge in [-0.05, 0) is 50.5 Å². The Labute approximate surface area is 163 Å². The number of hydrogen-bond donors (Lipinski definition) is 3. The highest BCUT2D eigenvalue weighted by atomic mass is 16.3. The third-order valence-electron chi connectivity index (χ3n) is 5.67. The molecule has 2 aromatic carbocycles. The van der Waals surface area contributed by atoms with Gasteiger partial charge >= 0.3 is 0 Å². The molecule has 27 heavy (non-hydrogen) atoms. The zero-order valence-corrected chi connectivity index (χ0v) is 16.4. The summed E-state index contributed by atoms with van der Waals surface area (Å²) in [6.07, 6.45) is 2.91. The van der Waals surface area contributed by atoms with Crippen molar-refractivity contribution < 1.29 is 5.11 Å². The van der Waals surface area contributed by atoms with Crippen molar-refractivity contribution in [2.75, 3.05) is 33.2 Å². The second kappa shape index (κ2) is 10.00. The summed E-state index contributed by atoms with van der Waals surface area (Å²) in [5.74, 6) is 0. The molecule has 2 aliphatic rings. The van der Waals surface area contributed by atoms with Crippen LogP contribution in [-0.2, 0) is 12.1 Å². The van der Waals surface area contributed by atoms with Gasteiger partial charge in [0, 0.05) is 25.7 Å². The number of aliphatic hydroxyl groups is 1. The lowest BCUT2D eigenvalue weighted by atomic mass is 9.85. The summed E-state index contributed by atoms with van der Waals surface area (Å²) < 4.78 is 0. The largest absolute Gasteiger partial charge is 0.385 e. The first-order chi connectivity index (χ1) is 13.2. The molecule has 0 aromatic heterocycles. The molecule has 0 aliphatic carbocycles. The fourth-order valence-corrected chi connectivity index (χ4v) is 3.93. The van der Waals surface area contributed by atoms with Gasteiger partial charge in [0.1, 0.15) is 0 Å². The average molecular weight is 368 g/mol. The molecule has 4 heteroatoms. The van der Waals surface area contributed by atoms with Gasteiger partial charge < -0.3 is 15.7 Å². The van der Waals surface area contributed by atoms with Crippen LogP contribution in [0.25, 0.3) is 0 Å². The van der Waals surface area contributed by atoms with Crippen LogP contribution in [0.1, 0.15) is 30.4 Å². The van der Waals surface area contributed by atoms with Crippen molar-refractivity contribution in [2.24, 2.45) is 0 Å². The molecule has 0 saturated carbocycles. The van der Waals surface area contributed by atoms with Crippen molar-refractivity contribution in [1.82, 2.24) is 15.5 Å². The molecule has 3 N–H and O–H groups in total. The van der Waals surface area contributed by atoms with E-state index in [-0.39, 0.29) is 0 Å². The van der Waals surface area contributed by atoms with Crippen LogP contribution in [0.4, 0.5) is 0 Å². The van der Waals surface area contributed by atoms with E-state index in [1.807, 2.05) is 30.3 Å². The highest BCUT2D eigenvalue weighted by Crippen LogP contribution is 2.29. The van der Waals surface area contributed by atoms with E-state index in [2.05, 4.69) is 52.9 Å². The summed E-state index contributed by atoms with van der Waals surface area (Å²) in [4.78, 5) is 2.51. The number of hydrogen-bond acceptors (Lipinski definition) is 4. The van der Waals surface area contributed by atoms with Crippen LogP contribution in [0.2, 0.25) is 0 Å². The van der Waals surface area contributed by atoms with Crippen LogP contribution in [0.3, 0.4) is 0 Å². The number of nitrogens with one attached hydrogen (secondary N) is 2. The molecule has 0 bridgehead atoms. The minimum absolute atomic E-state index is 0.591. The first kappa shape index (κ1) is 20.0. The number of likely N-dealkylation sites (N-methyl/N-ethyl adjacent to an activating group) is 1. The highest BCUT2D eigenvalue weighted by Gasteiger charge is 2.30. The van der Waals surface area contributed by atoms with Gasteiger partial charge in [0.15, 0.2) is 0 Å². The molecule has 2 saturated heterocycles. The second-order valence-electron chi connectivity index (χ2n) is 7.64. The summed E-state index contributed by atoms with van der Waals surface area (Å²) in [5, 5.41) is 16.9. The van der Waals surface area contributed by atoms with Crippen molar-refractivity contribution in [3.63, 3.8) is 0 Å². The molecule has 4 nitrogen and oxygen atoms in total. The summed E-state index contributed by atoms with van der Waals surface area (Å²) in [6.45, 7) is 5.32. The van der Waals surface area contributed by atoms with Crippen LogP contribution in [0.15, 0.2) is 60.7 Å². The number of benzene rings is 2. The van der Waals surface area contributed by atoms with Crippen LogP contribution in [0, 0.1) is 0 Å². The normalized spacial score (nSPS) is 22.1. The van der Waals surface area contributed by atoms with Crippen molar-refractivity contribution in [3.8, 4) is 0 Å². The molecule has 146 valence electrons. The minimum Gasteiger partial charge on any atom is -0.385 e. The van der Waals surface area contributed by atoms with E-state index in [4.69, 9.17) is 0 Å². The van der Waals surface area contributed by atoms with Crippen molar-refractivity contribution >= 4 is 0 Å². The van der Waals surface area contributed by atoms with E-state index in [1.165, 1.54) is 25.1 Å². The number of likely N-dealkylation sites (tertiary alicyclic amines) is 1. The molecule has 2 fully saturated rings. The average Bonchev–Trinajstić information content (AvgIpc) is 3.18. The Morgan fingerprint density at radius 2 is 1.67 bits per heavy atom.